The Kier molecular flexibility index (Phi) is 1.68. The third-order valence-electron chi connectivity index (χ3n) is 3.65. The summed E-state index contributed by atoms with van der Waals surface area (Å²) in [6.07, 6.45) is 0.273. The molecule has 0 spiro atoms. The number of non-ortho nitro benzene ring substituents is 1. The van der Waals surface area contributed by atoms with Crippen molar-refractivity contribution in [3.8, 4) is 0 Å². The Balaban J connectivity index is 2.10. The van der Waals surface area contributed by atoms with Crippen LogP contribution in [0.5, 0.6) is 0 Å². The Morgan fingerprint density at radius 1 is 1.38 bits per heavy atom. The van der Waals surface area contributed by atoms with Gasteiger partial charge in [-0.05, 0) is 23.5 Å². The van der Waals surface area contributed by atoms with Crippen LogP contribution >= 0.6 is 0 Å². The Morgan fingerprint density at radius 3 is 2.81 bits per heavy atom. The smallest absolute Gasteiger partial charge is 0.258 e. The van der Waals surface area contributed by atoms with Crippen molar-refractivity contribution in [1.29, 1.82) is 0 Å². The molecule has 3 nitrogen and oxygen atoms in total. The number of hydrogen-bond acceptors (Lipinski definition) is 2. The summed E-state index contributed by atoms with van der Waals surface area (Å²) in [4.78, 5) is 10.1. The maximum absolute atomic E-state index is 13.4. The predicted octanol–water partition coefficient (Wildman–Crippen LogP) is 3.20. The fourth-order valence-electron chi connectivity index (χ4n) is 2.95. The van der Waals surface area contributed by atoms with Crippen LogP contribution in [0, 0.1) is 10.1 Å². The molecule has 1 aromatic rings. The summed E-state index contributed by atoms with van der Waals surface area (Å²) in [5.41, 5.74) is 1.35. The van der Waals surface area contributed by atoms with Gasteiger partial charge in [-0.25, -0.2) is 8.78 Å². The maximum Gasteiger partial charge on any atom is 0.269 e. The molecule has 2 aliphatic rings. The Labute approximate surface area is 90.2 Å². The van der Waals surface area contributed by atoms with Gasteiger partial charge in [0.2, 0.25) is 0 Å². The van der Waals surface area contributed by atoms with Crippen LogP contribution in [0.25, 0.3) is 0 Å². The van der Waals surface area contributed by atoms with Gasteiger partial charge in [0.05, 0.1) is 4.92 Å². The molecule has 1 fully saturated rings. The summed E-state index contributed by atoms with van der Waals surface area (Å²) in [7, 11) is 0. The van der Waals surface area contributed by atoms with Crippen molar-refractivity contribution in [1.82, 2.24) is 0 Å². The highest BCUT2D eigenvalue weighted by Crippen LogP contribution is 2.60. The van der Waals surface area contributed by atoms with E-state index in [9.17, 15) is 18.9 Å². The van der Waals surface area contributed by atoms with Crippen LogP contribution in [0.15, 0.2) is 18.2 Å². The number of nitro benzene ring substituents is 1. The average Bonchev–Trinajstić information content (AvgIpc) is 2.70. The quantitative estimate of drug-likeness (QED) is 0.544. The minimum atomic E-state index is -2.63. The van der Waals surface area contributed by atoms with Crippen molar-refractivity contribution in [3.63, 3.8) is 0 Å². The molecule has 0 aromatic heterocycles. The first-order chi connectivity index (χ1) is 7.49. The highest BCUT2D eigenvalue weighted by Gasteiger charge is 2.55. The normalized spacial score (nSPS) is 29.1. The van der Waals surface area contributed by atoms with Gasteiger partial charge >= 0.3 is 0 Å². The minimum Gasteiger partial charge on any atom is -0.258 e. The van der Waals surface area contributed by atoms with E-state index in [1.165, 1.54) is 18.2 Å². The van der Waals surface area contributed by atoms with Crippen molar-refractivity contribution >= 4 is 5.69 Å². The van der Waals surface area contributed by atoms with Crippen LogP contribution in [0.3, 0.4) is 0 Å². The van der Waals surface area contributed by atoms with Gasteiger partial charge in [0.15, 0.2) is 0 Å². The third-order valence-corrected chi connectivity index (χ3v) is 3.65. The van der Waals surface area contributed by atoms with Gasteiger partial charge in [-0.1, -0.05) is 6.07 Å². The maximum atomic E-state index is 13.4. The number of nitrogens with zero attached hydrogens (tertiary/aromatic N) is 1. The zero-order valence-corrected chi connectivity index (χ0v) is 8.32. The summed E-state index contributed by atoms with van der Waals surface area (Å²) < 4.78 is 26.9. The first kappa shape index (κ1) is 9.69. The zero-order chi connectivity index (χ0) is 11.5. The summed E-state index contributed by atoms with van der Waals surface area (Å²) in [6, 6.07) is 4.26. The van der Waals surface area contributed by atoms with Gasteiger partial charge in [0.25, 0.3) is 11.6 Å². The molecule has 2 bridgehead atoms. The molecule has 1 aromatic carbocycles. The van der Waals surface area contributed by atoms with Crippen molar-refractivity contribution in [3.05, 3.63) is 39.4 Å². The van der Waals surface area contributed by atoms with Gasteiger partial charge in [0, 0.05) is 24.5 Å². The second-order valence-corrected chi connectivity index (χ2v) is 4.52. The molecule has 0 N–H and O–H groups in total. The zero-order valence-electron chi connectivity index (χ0n) is 8.32. The van der Waals surface area contributed by atoms with Crippen LogP contribution in [0.2, 0.25) is 0 Å². The molecule has 2 atom stereocenters. The number of halogens is 2. The van der Waals surface area contributed by atoms with Gasteiger partial charge in [0.1, 0.15) is 0 Å². The van der Waals surface area contributed by atoms with Crippen molar-refractivity contribution < 1.29 is 13.7 Å². The molecule has 1 saturated carbocycles. The Hall–Kier alpha value is -1.52. The van der Waals surface area contributed by atoms with E-state index in [4.69, 9.17) is 0 Å². The second kappa shape index (κ2) is 2.78. The van der Waals surface area contributed by atoms with E-state index in [1.54, 1.807) is 0 Å². The third kappa shape index (κ3) is 1.11. The molecule has 84 valence electrons. The standard InChI is InChI=1S/C11H9F2NO2/c12-11(13)5-6-3-10(11)8-2-1-7(14(15)16)4-9(6)8/h1-2,4,6,10H,3,5H2. The molecular weight excluding hydrogens is 216 g/mol. The highest BCUT2D eigenvalue weighted by atomic mass is 19.3. The summed E-state index contributed by atoms with van der Waals surface area (Å²) in [5, 5.41) is 10.6. The molecular formula is C11H9F2NO2. The number of nitro groups is 1. The lowest BCUT2D eigenvalue weighted by Crippen LogP contribution is -2.23. The molecule has 5 heteroatoms. The Bertz CT molecular complexity index is 487. The molecule has 16 heavy (non-hydrogen) atoms. The van der Waals surface area contributed by atoms with E-state index >= 15 is 0 Å². The van der Waals surface area contributed by atoms with Gasteiger partial charge in [-0.15, -0.1) is 0 Å². The summed E-state index contributed by atoms with van der Waals surface area (Å²) in [5.74, 6) is -3.56. The lowest BCUT2D eigenvalue weighted by molar-refractivity contribution is -0.385. The number of benzene rings is 1. The summed E-state index contributed by atoms with van der Waals surface area (Å²) >= 11 is 0. The van der Waals surface area contributed by atoms with E-state index in [2.05, 4.69) is 0 Å². The van der Waals surface area contributed by atoms with E-state index in [-0.39, 0.29) is 18.0 Å². The second-order valence-electron chi connectivity index (χ2n) is 4.52. The fourth-order valence-corrected chi connectivity index (χ4v) is 2.95. The summed E-state index contributed by atoms with van der Waals surface area (Å²) in [6.45, 7) is 0. The van der Waals surface area contributed by atoms with Crippen molar-refractivity contribution in [2.24, 2.45) is 0 Å². The lowest BCUT2D eigenvalue weighted by atomic mass is 9.89. The first-order valence-corrected chi connectivity index (χ1v) is 5.15. The van der Waals surface area contributed by atoms with Crippen molar-refractivity contribution in [2.75, 3.05) is 0 Å². The van der Waals surface area contributed by atoms with E-state index in [0.29, 0.717) is 12.0 Å². The van der Waals surface area contributed by atoms with E-state index in [0.717, 1.165) is 5.56 Å². The van der Waals surface area contributed by atoms with Gasteiger partial charge in [-0.2, -0.15) is 0 Å². The monoisotopic (exact) mass is 225 g/mol. The molecule has 2 unspecified atom stereocenters. The van der Waals surface area contributed by atoms with Crippen LogP contribution in [0.1, 0.15) is 35.8 Å². The highest BCUT2D eigenvalue weighted by molar-refractivity contribution is 5.49. The SMILES string of the molecule is O=[N+]([O-])c1ccc2c(c1)C1CC2C(F)(F)C1. The largest absolute Gasteiger partial charge is 0.269 e. The lowest BCUT2D eigenvalue weighted by Gasteiger charge is -2.23. The molecule has 0 radical (unpaired) electrons. The Morgan fingerprint density at radius 2 is 2.12 bits per heavy atom. The molecule has 3 rings (SSSR count). The van der Waals surface area contributed by atoms with Crippen LogP contribution < -0.4 is 0 Å². The molecule has 2 aliphatic carbocycles. The van der Waals surface area contributed by atoms with Crippen LogP contribution in [0.4, 0.5) is 14.5 Å². The van der Waals surface area contributed by atoms with Crippen LogP contribution in [-0.2, 0) is 0 Å². The number of alkyl halides is 2. The van der Waals surface area contributed by atoms with E-state index in [1.807, 2.05) is 0 Å². The molecule has 0 amide bonds. The van der Waals surface area contributed by atoms with Crippen LogP contribution in [-0.4, -0.2) is 10.8 Å². The fraction of sp³-hybridized carbons (Fsp3) is 0.455. The van der Waals surface area contributed by atoms with Gasteiger partial charge < -0.3 is 0 Å². The predicted molar refractivity (Wildman–Crippen MR) is 52.8 cm³/mol. The number of rotatable bonds is 1. The average molecular weight is 225 g/mol. The molecule has 0 saturated heterocycles. The van der Waals surface area contributed by atoms with E-state index < -0.39 is 16.8 Å². The molecule has 0 aliphatic heterocycles. The first-order valence-electron chi connectivity index (χ1n) is 5.15. The number of hydrogen-bond donors (Lipinski definition) is 0. The number of fused-ring (bicyclic) bond motifs is 5. The van der Waals surface area contributed by atoms with Crippen molar-refractivity contribution in [2.45, 2.75) is 30.6 Å². The minimum absolute atomic E-state index is 0.00498. The van der Waals surface area contributed by atoms with Gasteiger partial charge in [-0.3, -0.25) is 10.1 Å². The molecule has 0 heterocycles. The topological polar surface area (TPSA) is 43.1 Å².